The molecule has 18 heavy (non-hydrogen) atoms. The summed E-state index contributed by atoms with van der Waals surface area (Å²) in [5, 5.41) is 0. The summed E-state index contributed by atoms with van der Waals surface area (Å²) in [4.78, 5) is 11.2. The lowest BCUT2D eigenvalue weighted by molar-refractivity contribution is -0.182. The molecule has 0 heterocycles. The van der Waals surface area contributed by atoms with Crippen molar-refractivity contribution in [3.05, 3.63) is 35.6 Å². The SMILES string of the molecule is CCOC(=O)C(F)(F)[C@](C)(N)c1ccccc1F. The van der Waals surface area contributed by atoms with E-state index in [0.717, 1.165) is 19.1 Å². The smallest absolute Gasteiger partial charge is 0.379 e. The maximum absolute atomic E-state index is 13.9. The summed E-state index contributed by atoms with van der Waals surface area (Å²) in [5.74, 6) is -6.68. The van der Waals surface area contributed by atoms with Gasteiger partial charge in [0.15, 0.2) is 0 Å². The highest BCUT2D eigenvalue weighted by Crippen LogP contribution is 2.37. The first-order chi connectivity index (χ1) is 8.25. The van der Waals surface area contributed by atoms with Crippen molar-refractivity contribution in [1.82, 2.24) is 0 Å². The summed E-state index contributed by atoms with van der Waals surface area (Å²) in [7, 11) is 0. The summed E-state index contributed by atoms with van der Waals surface area (Å²) >= 11 is 0. The first-order valence-electron chi connectivity index (χ1n) is 5.34. The third kappa shape index (κ3) is 2.33. The van der Waals surface area contributed by atoms with Crippen LogP contribution in [0.4, 0.5) is 13.2 Å². The number of halogens is 3. The summed E-state index contributed by atoms with van der Waals surface area (Å²) in [6.07, 6.45) is 0. The number of alkyl halides is 2. The van der Waals surface area contributed by atoms with Gasteiger partial charge in [-0.25, -0.2) is 9.18 Å². The van der Waals surface area contributed by atoms with Gasteiger partial charge in [-0.05, 0) is 19.9 Å². The molecule has 0 spiro atoms. The first-order valence-corrected chi connectivity index (χ1v) is 5.34. The number of benzene rings is 1. The van der Waals surface area contributed by atoms with Crippen molar-refractivity contribution in [2.24, 2.45) is 5.73 Å². The molecule has 0 bridgehead atoms. The molecular formula is C12H14F3NO2. The van der Waals surface area contributed by atoms with Crippen molar-refractivity contribution in [3.8, 4) is 0 Å². The fraction of sp³-hybridized carbons (Fsp3) is 0.417. The van der Waals surface area contributed by atoms with Gasteiger partial charge in [0.2, 0.25) is 0 Å². The summed E-state index contributed by atoms with van der Waals surface area (Å²) in [5.41, 5.74) is 2.53. The molecule has 6 heteroatoms. The van der Waals surface area contributed by atoms with Crippen molar-refractivity contribution >= 4 is 5.97 Å². The minimum absolute atomic E-state index is 0.207. The van der Waals surface area contributed by atoms with E-state index in [4.69, 9.17) is 5.73 Å². The van der Waals surface area contributed by atoms with Crippen LogP contribution in [0.25, 0.3) is 0 Å². The number of nitrogens with two attached hydrogens (primary N) is 1. The fourth-order valence-corrected chi connectivity index (χ4v) is 1.49. The van der Waals surface area contributed by atoms with Gasteiger partial charge < -0.3 is 10.5 Å². The molecule has 0 aromatic heterocycles. The van der Waals surface area contributed by atoms with Gasteiger partial charge in [0.1, 0.15) is 11.4 Å². The zero-order valence-corrected chi connectivity index (χ0v) is 10.0. The number of hydrogen-bond donors (Lipinski definition) is 1. The topological polar surface area (TPSA) is 52.3 Å². The third-order valence-electron chi connectivity index (χ3n) is 2.62. The van der Waals surface area contributed by atoms with Gasteiger partial charge in [-0.1, -0.05) is 18.2 Å². The van der Waals surface area contributed by atoms with Gasteiger partial charge in [0.25, 0.3) is 0 Å². The number of carbonyl (C=O) groups excluding carboxylic acids is 1. The van der Waals surface area contributed by atoms with Crippen LogP contribution in [-0.2, 0) is 15.1 Å². The predicted molar refractivity (Wildman–Crippen MR) is 59.5 cm³/mol. The second-order valence-corrected chi connectivity index (χ2v) is 3.98. The van der Waals surface area contributed by atoms with E-state index in [0.29, 0.717) is 0 Å². The third-order valence-corrected chi connectivity index (χ3v) is 2.62. The van der Waals surface area contributed by atoms with E-state index in [1.165, 1.54) is 19.1 Å². The van der Waals surface area contributed by atoms with Crippen LogP contribution >= 0.6 is 0 Å². The Morgan fingerprint density at radius 1 is 1.39 bits per heavy atom. The van der Waals surface area contributed by atoms with Crippen LogP contribution in [-0.4, -0.2) is 18.5 Å². The molecule has 2 N–H and O–H groups in total. The molecule has 1 aromatic rings. The van der Waals surface area contributed by atoms with Gasteiger partial charge in [-0.3, -0.25) is 0 Å². The number of carbonyl (C=O) groups is 1. The molecular weight excluding hydrogens is 247 g/mol. The lowest BCUT2D eigenvalue weighted by atomic mass is 9.86. The van der Waals surface area contributed by atoms with Crippen LogP contribution in [0.1, 0.15) is 19.4 Å². The van der Waals surface area contributed by atoms with Gasteiger partial charge >= 0.3 is 11.9 Å². The molecule has 0 amide bonds. The molecule has 1 aromatic carbocycles. The average molecular weight is 261 g/mol. The number of esters is 1. The molecule has 0 radical (unpaired) electrons. The quantitative estimate of drug-likeness (QED) is 0.845. The van der Waals surface area contributed by atoms with E-state index in [1.54, 1.807) is 0 Å². The molecule has 1 rings (SSSR count). The molecule has 0 saturated carbocycles. The van der Waals surface area contributed by atoms with Crippen LogP contribution in [0.15, 0.2) is 24.3 Å². The Morgan fingerprint density at radius 3 is 2.44 bits per heavy atom. The molecule has 0 saturated heterocycles. The average Bonchev–Trinajstić information content (AvgIpc) is 2.29. The highest BCUT2D eigenvalue weighted by Gasteiger charge is 2.57. The summed E-state index contributed by atoms with van der Waals surface area (Å²) in [6.45, 7) is 2.08. The zero-order valence-electron chi connectivity index (χ0n) is 10.0. The number of rotatable bonds is 4. The van der Waals surface area contributed by atoms with Gasteiger partial charge in [-0.2, -0.15) is 8.78 Å². The van der Waals surface area contributed by atoms with Gasteiger partial charge in [0.05, 0.1) is 6.61 Å². The molecule has 0 aliphatic carbocycles. The number of ether oxygens (including phenoxy) is 1. The van der Waals surface area contributed by atoms with Crippen molar-refractivity contribution in [1.29, 1.82) is 0 Å². The van der Waals surface area contributed by atoms with E-state index in [1.807, 2.05) is 0 Å². The van der Waals surface area contributed by atoms with Gasteiger partial charge in [-0.15, -0.1) is 0 Å². The van der Waals surface area contributed by atoms with Gasteiger partial charge in [0, 0.05) is 5.56 Å². The Bertz CT molecular complexity index is 447. The maximum atomic E-state index is 13.9. The molecule has 0 aliphatic rings. The standard InChI is InChI=1S/C12H14F3NO2/c1-3-18-10(17)12(14,15)11(2,16)8-6-4-5-7-9(8)13/h4-7H,3,16H2,1-2H3/t11-/m1/s1. The highest BCUT2D eigenvalue weighted by atomic mass is 19.3. The minimum Gasteiger partial charge on any atom is -0.461 e. The van der Waals surface area contributed by atoms with E-state index in [9.17, 15) is 18.0 Å². The van der Waals surface area contributed by atoms with E-state index in [2.05, 4.69) is 4.74 Å². The summed E-state index contributed by atoms with van der Waals surface area (Å²) in [6, 6.07) is 4.83. The van der Waals surface area contributed by atoms with E-state index >= 15 is 0 Å². The van der Waals surface area contributed by atoms with Crippen molar-refractivity contribution in [3.63, 3.8) is 0 Å². The molecule has 0 fully saturated rings. The van der Waals surface area contributed by atoms with Crippen LogP contribution in [0.3, 0.4) is 0 Å². The molecule has 3 nitrogen and oxygen atoms in total. The van der Waals surface area contributed by atoms with Crippen LogP contribution in [0.2, 0.25) is 0 Å². The Labute approximate surface area is 103 Å². The summed E-state index contributed by atoms with van der Waals surface area (Å²) < 4.78 is 45.5. The molecule has 0 unspecified atom stereocenters. The van der Waals surface area contributed by atoms with Crippen LogP contribution in [0.5, 0.6) is 0 Å². The van der Waals surface area contributed by atoms with Crippen molar-refractivity contribution < 1.29 is 22.7 Å². The van der Waals surface area contributed by atoms with E-state index < -0.39 is 28.8 Å². The normalized spacial score (nSPS) is 15.0. The fourth-order valence-electron chi connectivity index (χ4n) is 1.49. The second-order valence-electron chi connectivity index (χ2n) is 3.98. The second kappa shape index (κ2) is 4.97. The largest absolute Gasteiger partial charge is 0.461 e. The molecule has 1 atom stereocenters. The lowest BCUT2D eigenvalue weighted by Crippen LogP contribution is -2.56. The molecule has 100 valence electrons. The van der Waals surface area contributed by atoms with E-state index in [-0.39, 0.29) is 6.61 Å². The van der Waals surface area contributed by atoms with Crippen molar-refractivity contribution in [2.45, 2.75) is 25.3 Å². The Hall–Kier alpha value is -1.56. The van der Waals surface area contributed by atoms with Crippen LogP contribution in [0, 0.1) is 5.82 Å². The Morgan fingerprint density at radius 2 is 1.94 bits per heavy atom. The first kappa shape index (κ1) is 14.5. The minimum atomic E-state index is -4.02. The lowest BCUT2D eigenvalue weighted by Gasteiger charge is -2.32. The Kier molecular flexibility index (Phi) is 4.01. The zero-order chi connectivity index (χ0) is 14.0. The Balaban J connectivity index is 3.20. The number of hydrogen-bond acceptors (Lipinski definition) is 3. The predicted octanol–water partition coefficient (Wildman–Crippen LogP) is 2.20. The monoisotopic (exact) mass is 261 g/mol. The highest BCUT2D eigenvalue weighted by molar-refractivity contribution is 5.79. The van der Waals surface area contributed by atoms with Crippen molar-refractivity contribution in [2.75, 3.05) is 6.61 Å². The van der Waals surface area contributed by atoms with Crippen LogP contribution < -0.4 is 5.73 Å². The maximum Gasteiger partial charge on any atom is 0.379 e. The molecule has 0 aliphatic heterocycles.